The molecule has 1 amide bonds. The van der Waals surface area contributed by atoms with Gasteiger partial charge in [-0.2, -0.15) is 0 Å². The summed E-state index contributed by atoms with van der Waals surface area (Å²) in [7, 11) is -2.84. The number of non-ortho nitro benzene ring substituents is 1. The zero-order valence-corrected chi connectivity index (χ0v) is 21.9. The van der Waals surface area contributed by atoms with Gasteiger partial charge in [0.05, 0.1) is 39.6 Å². The van der Waals surface area contributed by atoms with Gasteiger partial charge in [-0.25, -0.2) is 17.8 Å². The number of benzene rings is 3. The molecule has 3 aromatic carbocycles. The number of carbonyl (C=O) groups is 1. The van der Waals surface area contributed by atoms with Crippen LogP contribution in [0.2, 0.25) is 0 Å². The van der Waals surface area contributed by atoms with Gasteiger partial charge in [-0.15, -0.1) is 0 Å². The lowest BCUT2D eigenvalue weighted by Crippen LogP contribution is -2.30. The SMILES string of the molecule is COc1ccc(-n2c(=O)c3cc(C(=O)NS(=O)(=O)c4cccc([N+](=O)[O-])c4)ccc3n2C2CCCCC2)cc1. The van der Waals surface area contributed by atoms with Gasteiger partial charge in [0, 0.05) is 17.7 Å². The van der Waals surface area contributed by atoms with Crippen LogP contribution in [0.3, 0.4) is 0 Å². The topological polar surface area (TPSA) is 143 Å². The average molecular weight is 551 g/mol. The Morgan fingerprint density at radius 1 is 1.03 bits per heavy atom. The van der Waals surface area contributed by atoms with Crippen molar-refractivity contribution in [2.24, 2.45) is 0 Å². The minimum atomic E-state index is -4.40. The van der Waals surface area contributed by atoms with E-state index in [-0.39, 0.29) is 22.6 Å². The lowest BCUT2D eigenvalue weighted by molar-refractivity contribution is -0.385. The first kappa shape index (κ1) is 26.2. The molecule has 4 aromatic rings. The van der Waals surface area contributed by atoms with Crippen molar-refractivity contribution in [1.29, 1.82) is 0 Å². The van der Waals surface area contributed by atoms with Crippen LogP contribution >= 0.6 is 0 Å². The number of hydrogen-bond donors (Lipinski definition) is 1. The van der Waals surface area contributed by atoms with Crippen LogP contribution in [-0.4, -0.2) is 35.7 Å². The van der Waals surface area contributed by atoms with E-state index in [0.29, 0.717) is 17.0 Å². The second-order valence-electron chi connectivity index (χ2n) is 9.37. The normalized spacial score (nSPS) is 14.3. The third-order valence-corrected chi connectivity index (χ3v) is 8.28. The van der Waals surface area contributed by atoms with E-state index in [2.05, 4.69) is 0 Å². The molecule has 0 bridgehead atoms. The minimum Gasteiger partial charge on any atom is -0.497 e. The highest BCUT2D eigenvalue weighted by molar-refractivity contribution is 7.90. The van der Waals surface area contributed by atoms with Gasteiger partial charge < -0.3 is 4.74 Å². The Hall–Kier alpha value is -4.45. The van der Waals surface area contributed by atoms with Crippen molar-refractivity contribution in [1.82, 2.24) is 14.1 Å². The first-order valence-electron chi connectivity index (χ1n) is 12.4. The number of nitro benzene ring substituents is 1. The van der Waals surface area contributed by atoms with E-state index in [9.17, 15) is 28.1 Å². The maximum absolute atomic E-state index is 13.7. The zero-order valence-electron chi connectivity index (χ0n) is 21.1. The van der Waals surface area contributed by atoms with Gasteiger partial charge in [-0.1, -0.05) is 25.3 Å². The lowest BCUT2D eigenvalue weighted by Gasteiger charge is -2.26. The number of aromatic nitrogens is 2. The molecule has 1 aliphatic rings. The number of fused-ring (bicyclic) bond motifs is 1. The number of nitrogens with one attached hydrogen (secondary N) is 1. The predicted molar refractivity (Wildman–Crippen MR) is 144 cm³/mol. The van der Waals surface area contributed by atoms with Gasteiger partial charge in [0.2, 0.25) is 0 Å². The molecule has 0 aliphatic heterocycles. The molecule has 12 heteroatoms. The fourth-order valence-electron chi connectivity index (χ4n) is 5.02. The molecule has 0 atom stereocenters. The molecule has 202 valence electrons. The van der Waals surface area contributed by atoms with Crippen molar-refractivity contribution in [3.05, 3.63) is 92.8 Å². The van der Waals surface area contributed by atoms with Crippen LogP contribution in [-0.2, 0) is 10.0 Å². The maximum atomic E-state index is 13.7. The highest BCUT2D eigenvalue weighted by Crippen LogP contribution is 2.32. The Kier molecular flexibility index (Phi) is 6.96. The number of nitro groups is 1. The van der Waals surface area contributed by atoms with Crippen molar-refractivity contribution in [3.8, 4) is 11.4 Å². The largest absolute Gasteiger partial charge is 0.497 e. The fraction of sp³-hybridized carbons (Fsp3) is 0.259. The summed E-state index contributed by atoms with van der Waals surface area (Å²) < 4.78 is 36.3. The van der Waals surface area contributed by atoms with Gasteiger partial charge in [0.25, 0.3) is 27.2 Å². The molecule has 1 saturated carbocycles. The van der Waals surface area contributed by atoms with Crippen LogP contribution in [0, 0.1) is 10.1 Å². The van der Waals surface area contributed by atoms with Crippen molar-refractivity contribution >= 4 is 32.5 Å². The third kappa shape index (κ3) is 5.02. The number of sulfonamides is 1. The Labute approximate surface area is 223 Å². The summed E-state index contributed by atoms with van der Waals surface area (Å²) in [5, 5.41) is 11.3. The van der Waals surface area contributed by atoms with Gasteiger partial charge in [-0.3, -0.25) is 24.4 Å². The zero-order chi connectivity index (χ0) is 27.7. The molecule has 0 spiro atoms. The molecule has 1 heterocycles. The Bertz CT molecular complexity index is 1730. The van der Waals surface area contributed by atoms with Gasteiger partial charge in [0.1, 0.15) is 5.75 Å². The van der Waals surface area contributed by atoms with Gasteiger partial charge >= 0.3 is 0 Å². The highest BCUT2D eigenvalue weighted by Gasteiger charge is 2.26. The van der Waals surface area contributed by atoms with Crippen LogP contribution in [0.4, 0.5) is 5.69 Å². The van der Waals surface area contributed by atoms with Gasteiger partial charge in [0.15, 0.2) is 0 Å². The van der Waals surface area contributed by atoms with E-state index in [1.54, 1.807) is 42.1 Å². The molecule has 0 radical (unpaired) electrons. The standard InChI is InChI=1S/C27H26N4O7S/c1-38-22-13-11-20(12-14-22)30-27(33)24-16-18(10-15-25(24)29(30)19-6-3-2-4-7-19)26(32)28-39(36,37)23-9-5-8-21(17-23)31(34)35/h5,8-17,19H,2-4,6-7H2,1H3,(H,28,32). The van der Waals surface area contributed by atoms with E-state index < -0.39 is 31.4 Å². The molecule has 11 nitrogen and oxygen atoms in total. The Morgan fingerprint density at radius 3 is 2.41 bits per heavy atom. The first-order valence-corrected chi connectivity index (χ1v) is 13.9. The molecule has 1 aromatic heterocycles. The third-order valence-electron chi connectivity index (χ3n) is 6.95. The lowest BCUT2D eigenvalue weighted by atomic mass is 9.95. The summed E-state index contributed by atoms with van der Waals surface area (Å²) in [6.45, 7) is 0. The summed E-state index contributed by atoms with van der Waals surface area (Å²) in [6, 6.07) is 16.1. The van der Waals surface area contributed by atoms with Crippen LogP contribution < -0.4 is 15.0 Å². The molecule has 1 aliphatic carbocycles. The number of carbonyl (C=O) groups excluding carboxylic acids is 1. The van der Waals surface area contributed by atoms with E-state index in [1.165, 1.54) is 18.2 Å². The second-order valence-corrected chi connectivity index (χ2v) is 11.1. The highest BCUT2D eigenvalue weighted by atomic mass is 32.2. The molecule has 1 N–H and O–H groups in total. The Balaban J connectivity index is 1.56. The van der Waals surface area contributed by atoms with E-state index >= 15 is 0 Å². The molecular formula is C27H26N4O7S. The summed E-state index contributed by atoms with van der Waals surface area (Å²) in [6.07, 6.45) is 5.02. The summed E-state index contributed by atoms with van der Waals surface area (Å²) >= 11 is 0. The van der Waals surface area contributed by atoms with Crippen LogP contribution in [0.5, 0.6) is 5.75 Å². The van der Waals surface area contributed by atoms with E-state index in [0.717, 1.165) is 50.3 Å². The Morgan fingerprint density at radius 2 is 1.74 bits per heavy atom. The molecule has 39 heavy (non-hydrogen) atoms. The van der Waals surface area contributed by atoms with Crippen LogP contribution in [0.25, 0.3) is 16.6 Å². The van der Waals surface area contributed by atoms with E-state index in [1.807, 2.05) is 9.40 Å². The summed E-state index contributed by atoms with van der Waals surface area (Å²) in [5.74, 6) is -0.305. The number of nitrogens with zero attached hydrogens (tertiary/aromatic N) is 3. The van der Waals surface area contributed by atoms with E-state index in [4.69, 9.17) is 4.74 Å². The second kappa shape index (κ2) is 10.4. The monoisotopic (exact) mass is 550 g/mol. The average Bonchev–Trinajstić information content (AvgIpc) is 3.24. The molecule has 0 saturated heterocycles. The summed E-state index contributed by atoms with van der Waals surface area (Å²) in [5.41, 5.74) is 0.491. The summed E-state index contributed by atoms with van der Waals surface area (Å²) in [4.78, 5) is 36.6. The number of ether oxygens (including phenoxy) is 1. The molecule has 1 fully saturated rings. The molecule has 5 rings (SSSR count). The minimum absolute atomic E-state index is 0.0312. The molecule has 0 unspecified atom stereocenters. The quantitative estimate of drug-likeness (QED) is 0.266. The van der Waals surface area contributed by atoms with Crippen molar-refractivity contribution in [2.75, 3.05) is 7.11 Å². The number of methoxy groups -OCH3 is 1. The smallest absolute Gasteiger partial charge is 0.279 e. The molecular weight excluding hydrogens is 524 g/mol. The fourth-order valence-corrected chi connectivity index (χ4v) is 6.04. The predicted octanol–water partition coefficient (Wildman–Crippen LogP) is 4.33. The number of amides is 1. The van der Waals surface area contributed by atoms with Crippen LogP contribution in [0.1, 0.15) is 48.5 Å². The van der Waals surface area contributed by atoms with Crippen molar-refractivity contribution in [2.45, 2.75) is 43.0 Å². The van der Waals surface area contributed by atoms with Crippen molar-refractivity contribution in [3.63, 3.8) is 0 Å². The first-order chi connectivity index (χ1) is 18.7. The maximum Gasteiger partial charge on any atom is 0.279 e. The van der Waals surface area contributed by atoms with Crippen LogP contribution in [0.15, 0.2) is 76.4 Å². The van der Waals surface area contributed by atoms with Gasteiger partial charge in [-0.05, 0) is 61.4 Å². The number of rotatable bonds is 7. The van der Waals surface area contributed by atoms with Crippen molar-refractivity contribution < 1.29 is 22.9 Å². The number of hydrogen-bond acceptors (Lipinski definition) is 7.